The van der Waals surface area contributed by atoms with E-state index in [1.807, 2.05) is 0 Å². The number of piperidine rings is 2. The number of rotatable bonds is 3. The van der Waals surface area contributed by atoms with Crippen LogP contribution < -0.4 is 10.1 Å². The van der Waals surface area contributed by atoms with Crippen LogP contribution >= 0.6 is 0 Å². The fraction of sp³-hybridized carbons (Fsp3) is 0.643. The number of carbonyl (C=O) groups excluding carboxylic acids is 1. The lowest BCUT2D eigenvalue weighted by atomic mass is 9.79. The van der Waals surface area contributed by atoms with Crippen LogP contribution in [0, 0.1) is 11.8 Å². The van der Waals surface area contributed by atoms with E-state index in [0.717, 1.165) is 75.2 Å². The molecule has 1 aromatic heterocycles. The van der Waals surface area contributed by atoms with Gasteiger partial charge in [0.05, 0.1) is 6.04 Å². The highest BCUT2D eigenvalue weighted by atomic mass is 16.5. The van der Waals surface area contributed by atoms with Crippen molar-refractivity contribution in [1.82, 2.24) is 20.0 Å². The van der Waals surface area contributed by atoms with Crippen molar-refractivity contribution >= 4 is 5.91 Å². The van der Waals surface area contributed by atoms with Crippen molar-refractivity contribution in [2.75, 3.05) is 19.6 Å². The summed E-state index contributed by atoms with van der Waals surface area (Å²) >= 11 is 0. The molecular weight excluding hydrogens is 424 g/mol. The Morgan fingerprint density at radius 1 is 1.24 bits per heavy atom. The summed E-state index contributed by atoms with van der Waals surface area (Å²) in [5, 5.41) is 8.99. The van der Waals surface area contributed by atoms with E-state index in [-0.39, 0.29) is 11.5 Å². The van der Waals surface area contributed by atoms with Crippen LogP contribution in [0.3, 0.4) is 0 Å². The summed E-state index contributed by atoms with van der Waals surface area (Å²) in [6.07, 6.45) is 5.80. The minimum Gasteiger partial charge on any atom is -0.482 e. The number of nitrogens with zero attached hydrogens (tertiary/aromatic N) is 3. The van der Waals surface area contributed by atoms with Crippen LogP contribution in [-0.2, 0) is 16.8 Å². The Morgan fingerprint density at radius 3 is 2.65 bits per heavy atom. The predicted octanol–water partition coefficient (Wildman–Crippen LogP) is 4.68. The molecule has 0 bridgehead atoms. The third kappa shape index (κ3) is 3.48. The molecule has 3 fully saturated rings. The fourth-order valence-corrected chi connectivity index (χ4v) is 6.68. The first-order valence-corrected chi connectivity index (χ1v) is 13.3. The van der Waals surface area contributed by atoms with Crippen LogP contribution in [0.2, 0.25) is 0 Å². The van der Waals surface area contributed by atoms with Gasteiger partial charge < -0.3 is 15.0 Å². The Labute approximate surface area is 203 Å². The first-order chi connectivity index (χ1) is 16.3. The maximum absolute atomic E-state index is 12.9. The Kier molecular flexibility index (Phi) is 5.11. The van der Waals surface area contributed by atoms with Gasteiger partial charge in [0, 0.05) is 54.2 Å². The maximum atomic E-state index is 12.9. The maximum Gasteiger partial charge on any atom is 0.225 e. The van der Waals surface area contributed by atoms with E-state index in [4.69, 9.17) is 9.84 Å². The number of hydrogen-bond donors (Lipinski definition) is 1. The van der Waals surface area contributed by atoms with Gasteiger partial charge in [-0.05, 0) is 64.1 Å². The van der Waals surface area contributed by atoms with Crippen molar-refractivity contribution in [2.24, 2.45) is 11.8 Å². The first-order valence-electron chi connectivity index (χ1n) is 13.3. The second-order valence-electron chi connectivity index (χ2n) is 11.7. The smallest absolute Gasteiger partial charge is 0.225 e. The van der Waals surface area contributed by atoms with Gasteiger partial charge in [0.1, 0.15) is 17.0 Å². The minimum atomic E-state index is -0.401. The number of amides is 1. The molecule has 1 saturated carbocycles. The Balaban J connectivity index is 1.40. The van der Waals surface area contributed by atoms with Gasteiger partial charge >= 0.3 is 0 Å². The predicted molar refractivity (Wildman–Crippen MR) is 133 cm³/mol. The van der Waals surface area contributed by atoms with Gasteiger partial charge in [-0.3, -0.25) is 9.48 Å². The molecule has 1 N–H and O–H groups in total. The number of para-hydroxylation sites is 1. The highest BCUT2D eigenvalue weighted by Crippen LogP contribution is 2.52. The van der Waals surface area contributed by atoms with E-state index in [1.54, 1.807) is 0 Å². The molecule has 1 spiro atoms. The average molecular weight is 463 g/mol. The average Bonchev–Trinajstić information content (AvgIpc) is 3.41. The molecular formula is C28H38N4O2. The standard InChI is InChI=1S/C28H38N4O2/c1-5-22-24-25(30-32(22)19-10-13-29-27(3,4)17-19)20-8-6-7-9-23(20)34-28(24)11-14-31(15-12-28)26(33)21-16-18(21)2/h6-9,18-19,21,29H,5,10-17H2,1-4H3/t18-,19?,21-/m0/s1. The molecule has 3 atom stereocenters. The summed E-state index contributed by atoms with van der Waals surface area (Å²) in [5.74, 6) is 2.08. The number of carbonyl (C=O) groups is 1. The van der Waals surface area contributed by atoms with Crippen LogP contribution in [0.15, 0.2) is 24.3 Å². The minimum absolute atomic E-state index is 0.109. The molecule has 4 heterocycles. The number of ether oxygens (including phenoxy) is 1. The Morgan fingerprint density at radius 2 is 1.97 bits per heavy atom. The molecule has 2 saturated heterocycles. The normalized spacial score (nSPS) is 28.7. The van der Waals surface area contributed by atoms with Gasteiger partial charge in [-0.2, -0.15) is 5.10 Å². The van der Waals surface area contributed by atoms with Gasteiger partial charge in [-0.25, -0.2) is 0 Å². The molecule has 1 amide bonds. The molecule has 6 nitrogen and oxygen atoms in total. The molecule has 1 unspecified atom stereocenters. The molecule has 0 radical (unpaired) electrons. The number of aromatic nitrogens is 2. The molecule has 6 rings (SSSR count). The zero-order valence-corrected chi connectivity index (χ0v) is 21.1. The SMILES string of the molecule is CCc1c2c(nn1C1CCNC(C)(C)C1)-c1ccccc1OC21CCN(C(=O)[C@H]2C[C@@H]2C)CC1. The molecule has 1 aliphatic carbocycles. The molecule has 182 valence electrons. The number of benzene rings is 1. The van der Waals surface area contributed by atoms with E-state index in [2.05, 4.69) is 66.9 Å². The molecule has 4 aliphatic rings. The zero-order chi connectivity index (χ0) is 23.7. The van der Waals surface area contributed by atoms with Crippen molar-refractivity contribution in [2.45, 2.75) is 83.4 Å². The second kappa shape index (κ2) is 7.84. The lowest BCUT2D eigenvalue weighted by Gasteiger charge is -2.45. The third-order valence-electron chi connectivity index (χ3n) is 8.73. The largest absolute Gasteiger partial charge is 0.482 e. The highest BCUT2D eigenvalue weighted by Gasteiger charge is 2.50. The van der Waals surface area contributed by atoms with Crippen LogP contribution in [0.1, 0.15) is 77.1 Å². The monoisotopic (exact) mass is 462 g/mol. The van der Waals surface area contributed by atoms with E-state index in [0.29, 0.717) is 17.9 Å². The topological polar surface area (TPSA) is 59.4 Å². The van der Waals surface area contributed by atoms with Crippen LogP contribution in [0.25, 0.3) is 11.3 Å². The van der Waals surface area contributed by atoms with E-state index in [1.165, 1.54) is 11.3 Å². The van der Waals surface area contributed by atoms with Gasteiger partial charge in [0.15, 0.2) is 0 Å². The van der Waals surface area contributed by atoms with E-state index < -0.39 is 5.60 Å². The van der Waals surface area contributed by atoms with Gasteiger partial charge in [0.25, 0.3) is 0 Å². The number of likely N-dealkylation sites (tertiary alicyclic amines) is 1. The summed E-state index contributed by atoms with van der Waals surface area (Å²) in [5.41, 5.74) is 4.53. The molecule has 2 aromatic rings. The van der Waals surface area contributed by atoms with E-state index >= 15 is 0 Å². The lowest BCUT2D eigenvalue weighted by Crippen LogP contribution is -2.50. The summed E-state index contributed by atoms with van der Waals surface area (Å²) < 4.78 is 9.24. The fourth-order valence-electron chi connectivity index (χ4n) is 6.68. The van der Waals surface area contributed by atoms with E-state index in [9.17, 15) is 4.79 Å². The van der Waals surface area contributed by atoms with Crippen molar-refractivity contribution in [1.29, 1.82) is 0 Å². The molecule has 1 aromatic carbocycles. The van der Waals surface area contributed by atoms with Crippen LogP contribution in [-0.4, -0.2) is 45.8 Å². The van der Waals surface area contributed by atoms with Gasteiger partial charge in [-0.1, -0.05) is 26.0 Å². The first kappa shape index (κ1) is 22.1. The van der Waals surface area contributed by atoms with Gasteiger partial charge in [0.2, 0.25) is 5.91 Å². The molecule has 6 heteroatoms. The van der Waals surface area contributed by atoms with Crippen LogP contribution in [0.5, 0.6) is 5.75 Å². The third-order valence-corrected chi connectivity index (χ3v) is 8.73. The summed E-state index contributed by atoms with van der Waals surface area (Å²) in [6, 6.07) is 8.76. The van der Waals surface area contributed by atoms with Crippen molar-refractivity contribution in [3.63, 3.8) is 0 Å². The summed E-state index contributed by atoms with van der Waals surface area (Å²) in [6.45, 7) is 11.6. The summed E-state index contributed by atoms with van der Waals surface area (Å²) in [7, 11) is 0. The highest BCUT2D eigenvalue weighted by molar-refractivity contribution is 5.82. The quantitative estimate of drug-likeness (QED) is 0.719. The molecule has 34 heavy (non-hydrogen) atoms. The van der Waals surface area contributed by atoms with Gasteiger partial charge in [-0.15, -0.1) is 0 Å². The number of fused-ring (bicyclic) bond motifs is 4. The van der Waals surface area contributed by atoms with Crippen molar-refractivity contribution < 1.29 is 9.53 Å². The Bertz CT molecular complexity index is 1110. The number of hydrogen-bond acceptors (Lipinski definition) is 4. The lowest BCUT2D eigenvalue weighted by molar-refractivity contribution is -0.136. The molecule has 3 aliphatic heterocycles. The Hall–Kier alpha value is -2.34. The van der Waals surface area contributed by atoms with Crippen LogP contribution in [0.4, 0.5) is 0 Å². The van der Waals surface area contributed by atoms with Crippen molar-refractivity contribution in [3.8, 4) is 17.0 Å². The number of nitrogens with one attached hydrogen (secondary N) is 1. The van der Waals surface area contributed by atoms with Crippen molar-refractivity contribution in [3.05, 3.63) is 35.5 Å². The zero-order valence-electron chi connectivity index (χ0n) is 21.1. The summed E-state index contributed by atoms with van der Waals surface area (Å²) in [4.78, 5) is 15.0. The second-order valence-corrected chi connectivity index (χ2v) is 11.7.